The number of aromatic amines is 1. The molecule has 23 heavy (non-hydrogen) atoms. The summed E-state index contributed by atoms with van der Waals surface area (Å²) in [5, 5.41) is 3.07. The molecule has 0 radical (unpaired) electrons. The maximum atomic E-state index is 12.0. The second-order valence-corrected chi connectivity index (χ2v) is 4.84. The van der Waals surface area contributed by atoms with E-state index < -0.39 is 35.6 Å². The molecule has 1 fully saturated rings. The van der Waals surface area contributed by atoms with E-state index in [2.05, 4.69) is 10.4 Å². The van der Waals surface area contributed by atoms with E-state index in [9.17, 15) is 24.0 Å². The van der Waals surface area contributed by atoms with Gasteiger partial charge in [0.1, 0.15) is 13.1 Å². The number of nitrogens with one attached hydrogen (secondary N) is 3. The standard InChI is InChI=1S/C13H11N5O5/c19-9-6-18(13(23)14-9)16-10(20)5-17-8-4-2-1-3-7(8)11(21)15-12(17)22/h1-4H,5-6H2,(H,16,20)(H,14,19,23)(H,15,21,22). The first kappa shape index (κ1) is 14.5. The molecule has 0 atom stereocenters. The average Bonchev–Trinajstić information content (AvgIpc) is 2.81. The number of hydrogen-bond donors (Lipinski definition) is 3. The maximum Gasteiger partial charge on any atom is 0.343 e. The predicted molar refractivity (Wildman–Crippen MR) is 77.2 cm³/mol. The monoisotopic (exact) mass is 317 g/mol. The quantitative estimate of drug-likeness (QED) is 0.579. The molecule has 1 aliphatic rings. The van der Waals surface area contributed by atoms with Crippen molar-refractivity contribution in [2.75, 3.05) is 6.54 Å². The molecular formula is C13H11N5O5. The fraction of sp³-hybridized carbons (Fsp3) is 0.154. The Morgan fingerprint density at radius 2 is 1.91 bits per heavy atom. The summed E-state index contributed by atoms with van der Waals surface area (Å²) in [6.07, 6.45) is 0. The van der Waals surface area contributed by atoms with Crippen molar-refractivity contribution in [2.45, 2.75) is 6.54 Å². The average molecular weight is 317 g/mol. The topological polar surface area (TPSA) is 133 Å². The smallest absolute Gasteiger partial charge is 0.284 e. The van der Waals surface area contributed by atoms with E-state index in [1.807, 2.05) is 5.32 Å². The lowest BCUT2D eigenvalue weighted by Crippen LogP contribution is -2.46. The summed E-state index contributed by atoms with van der Waals surface area (Å²) in [6.45, 7) is -0.722. The zero-order valence-corrected chi connectivity index (χ0v) is 11.7. The molecule has 10 nitrogen and oxygen atoms in total. The summed E-state index contributed by atoms with van der Waals surface area (Å²) in [7, 11) is 0. The number of benzene rings is 1. The highest BCUT2D eigenvalue weighted by atomic mass is 16.2. The number of hydrogen-bond acceptors (Lipinski definition) is 5. The zero-order chi connectivity index (χ0) is 16.6. The number of imide groups is 1. The van der Waals surface area contributed by atoms with Crippen molar-refractivity contribution in [2.24, 2.45) is 0 Å². The Hall–Kier alpha value is -3.43. The number of aromatic nitrogens is 2. The minimum atomic E-state index is -0.748. The molecular weight excluding hydrogens is 306 g/mol. The third-order valence-corrected chi connectivity index (χ3v) is 3.26. The highest BCUT2D eigenvalue weighted by molar-refractivity contribution is 6.02. The van der Waals surface area contributed by atoms with Crippen LogP contribution in [0.3, 0.4) is 0 Å². The SMILES string of the molecule is O=C1CN(NC(=O)Cn2c(=O)[nH]c(=O)c3ccccc32)C(=O)N1. The first-order valence-electron chi connectivity index (χ1n) is 6.58. The molecule has 0 bridgehead atoms. The fourth-order valence-corrected chi connectivity index (χ4v) is 2.26. The molecule has 0 spiro atoms. The molecule has 0 aliphatic carbocycles. The lowest BCUT2D eigenvalue weighted by molar-refractivity contribution is -0.125. The minimum absolute atomic E-state index is 0.258. The molecule has 1 aromatic carbocycles. The van der Waals surface area contributed by atoms with Crippen molar-refractivity contribution in [3.05, 3.63) is 45.1 Å². The summed E-state index contributed by atoms with van der Waals surface area (Å²) in [5.41, 5.74) is 1.22. The van der Waals surface area contributed by atoms with Crippen molar-refractivity contribution in [3.63, 3.8) is 0 Å². The third kappa shape index (κ3) is 2.69. The van der Waals surface area contributed by atoms with Gasteiger partial charge in [-0.1, -0.05) is 12.1 Å². The number of fused-ring (bicyclic) bond motifs is 1. The summed E-state index contributed by atoms with van der Waals surface area (Å²) in [4.78, 5) is 60.2. The Morgan fingerprint density at radius 3 is 2.61 bits per heavy atom. The van der Waals surface area contributed by atoms with Gasteiger partial charge in [0, 0.05) is 0 Å². The second-order valence-electron chi connectivity index (χ2n) is 4.84. The number of carbonyl (C=O) groups excluding carboxylic acids is 3. The van der Waals surface area contributed by atoms with E-state index >= 15 is 0 Å². The number of nitrogens with zero attached hydrogens (tertiary/aromatic N) is 2. The van der Waals surface area contributed by atoms with E-state index in [1.165, 1.54) is 12.1 Å². The Kier molecular flexibility index (Phi) is 3.41. The largest absolute Gasteiger partial charge is 0.343 e. The first-order valence-corrected chi connectivity index (χ1v) is 6.58. The molecule has 0 unspecified atom stereocenters. The second kappa shape index (κ2) is 5.40. The highest BCUT2D eigenvalue weighted by Crippen LogP contribution is 2.06. The Morgan fingerprint density at radius 1 is 1.17 bits per heavy atom. The molecule has 118 valence electrons. The molecule has 3 rings (SSSR count). The highest BCUT2D eigenvalue weighted by Gasteiger charge is 2.28. The molecule has 4 amide bonds. The summed E-state index contributed by atoms with van der Waals surface area (Å²) >= 11 is 0. The van der Waals surface area contributed by atoms with Gasteiger partial charge in [0.25, 0.3) is 11.5 Å². The minimum Gasteiger partial charge on any atom is -0.284 e. The van der Waals surface area contributed by atoms with Gasteiger partial charge in [-0.25, -0.2) is 14.6 Å². The van der Waals surface area contributed by atoms with Gasteiger partial charge < -0.3 is 0 Å². The van der Waals surface area contributed by atoms with Crippen LogP contribution < -0.4 is 22.0 Å². The van der Waals surface area contributed by atoms with Gasteiger partial charge in [-0.15, -0.1) is 0 Å². The van der Waals surface area contributed by atoms with Gasteiger partial charge >= 0.3 is 11.7 Å². The van der Waals surface area contributed by atoms with Crippen LogP contribution >= 0.6 is 0 Å². The predicted octanol–water partition coefficient (Wildman–Crippen LogP) is -1.73. The number of H-pyrrole nitrogens is 1. The first-order chi connectivity index (χ1) is 11.0. The van der Waals surface area contributed by atoms with Gasteiger partial charge in [0.2, 0.25) is 5.91 Å². The Balaban J connectivity index is 1.88. The molecule has 3 N–H and O–H groups in total. The summed E-state index contributed by atoms with van der Waals surface area (Å²) in [5.74, 6) is -1.23. The molecule has 1 aromatic heterocycles. The Labute approximate surface area is 127 Å². The van der Waals surface area contributed by atoms with E-state index in [0.717, 1.165) is 9.58 Å². The van der Waals surface area contributed by atoms with E-state index in [-0.39, 0.29) is 11.9 Å². The van der Waals surface area contributed by atoms with Crippen LogP contribution in [0.1, 0.15) is 0 Å². The van der Waals surface area contributed by atoms with E-state index in [4.69, 9.17) is 0 Å². The van der Waals surface area contributed by atoms with Gasteiger partial charge in [-0.05, 0) is 12.1 Å². The molecule has 10 heteroatoms. The lowest BCUT2D eigenvalue weighted by Gasteiger charge is -2.15. The van der Waals surface area contributed by atoms with Crippen LogP contribution in [0, 0.1) is 0 Å². The van der Waals surface area contributed by atoms with E-state index in [1.54, 1.807) is 12.1 Å². The molecule has 1 aliphatic heterocycles. The zero-order valence-electron chi connectivity index (χ0n) is 11.7. The van der Waals surface area contributed by atoms with Gasteiger partial charge in [-0.2, -0.15) is 0 Å². The van der Waals surface area contributed by atoms with Crippen LogP contribution in [-0.4, -0.2) is 39.0 Å². The number of urea groups is 1. The van der Waals surface area contributed by atoms with Crippen LogP contribution in [-0.2, 0) is 16.1 Å². The van der Waals surface area contributed by atoms with Crippen LogP contribution in [0.2, 0.25) is 0 Å². The van der Waals surface area contributed by atoms with Gasteiger partial charge in [0.15, 0.2) is 0 Å². The normalized spacial score (nSPS) is 14.2. The van der Waals surface area contributed by atoms with Crippen LogP contribution in [0.25, 0.3) is 10.9 Å². The van der Waals surface area contributed by atoms with Crippen molar-refractivity contribution in [3.8, 4) is 0 Å². The van der Waals surface area contributed by atoms with Crippen LogP contribution in [0.15, 0.2) is 33.9 Å². The third-order valence-electron chi connectivity index (χ3n) is 3.26. The number of amides is 4. The number of carbonyl (C=O) groups is 3. The Bertz CT molecular complexity index is 944. The summed E-state index contributed by atoms with van der Waals surface area (Å²) < 4.78 is 1.07. The van der Waals surface area contributed by atoms with Crippen molar-refractivity contribution in [1.29, 1.82) is 0 Å². The summed E-state index contributed by atoms with van der Waals surface area (Å²) in [6, 6.07) is 5.57. The molecule has 2 aromatic rings. The van der Waals surface area contributed by atoms with Crippen molar-refractivity contribution in [1.82, 2.24) is 25.3 Å². The van der Waals surface area contributed by atoms with Crippen LogP contribution in [0.4, 0.5) is 4.79 Å². The van der Waals surface area contributed by atoms with Crippen LogP contribution in [0.5, 0.6) is 0 Å². The molecule has 0 saturated carbocycles. The fourth-order valence-electron chi connectivity index (χ4n) is 2.26. The van der Waals surface area contributed by atoms with E-state index in [0.29, 0.717) is 5.52 Å². The van der Waals surface area contributed by atoms with Gasteiger partial charge in [-0.3, -0.25) is 34.7 Å². The maximum absolute atomic E-state index is 12.0. The number of para-hydroxylation sites is 1. The van der Waals surface area contributed by atoms with Gasteiger partial charge in [0.05, 0.1) is 10.9 Å². The number of rotatable bonds is 3. The lowest BCUT2D eigenvalue weighted by atomic mass is 10.2. The van der Waals surface area contributed by atoms with Crippen molar-refractivity contribution < 1.29 is 14.4 Å². The van der Waals surface area contributed by atoms with Crippen molar-refractivity contribution >= 4 is 28.7 Å². The molecule has 2 heterocycles. The molecule has 1 saturated heterocycles. The number of hydrazine groups is 1.